The Hall–Kier alpha value is -1.25. The molecule has 1 aliphatic heterocycles. The van der Waals surface area contributed by atoms with E-state index < -0.39 is 17.7 Å². The van der Waals surface area contributed by atoms with Gasteiger partial charge >= 0.3 is 11.9 Å². The number of carbonyl (C=O) groups excluding carboxylic acids is 2. The summed E-state index contributed by atoms with van der Waals surface area (Å²) in [5.74, 6) is -2.35. The van der Waals surface area contributed by atoms with E-state index in [0.29, 0.717) is 25.4 Å². The van der Waals surface area contributed by atoms with Crippen LogP contribution < -0.4 is 10.1 Å². The molecule has 1 saturated heterocycles. The molecule has 1 aliphatic rings. The molecule has 1 heterocycles. The lowest BCUT2D eigenvalue weighted by molar-refractivity contribution is -0.222. The van der Waals surface area contributed by atoms with Crippen molar-refractivity contribution in [1.29, 1.82) is 0 Å². The van der Waals surface area contributed by atoms with Crippen LogP contribution in [0.2, 0.25) is 5.02 Å². The topological polar surface area (TPSA) is 73.9 Å². The van der Waals surface area contributed by atoms with Crippen molar-refractivity contribution in [1.82, 2.24) is 0 Å². The summed E-state index contributed by atoms with van der Waals surface area (Å²) in [5, 5.41) is 3.14. The number of nitrogens with one attached hydrogen (secondary N) is 1. The molecular weight excluding hydrogens is 457 g/mol. The van der Waals surface area contributed by atoms with Crippen LogP contribution in [0.15, 0.2) is 26.8 Å². The highest BCUT2D eigenvalue weighted by Crippen LogP contribution is 2.43. The Morgan fingerprint density at radius 1 is 1.26 bits per heavy atom. The zero-order valence-corrected chi connectivity index (χ0v) is 16.3. The minimum Gasteiger partial charge on any atom is -0.494 e. The standard InChI is InChI=1S/C14H12Br2ClNO5/c1-14(2)22-12(19)6(13(20)23-14)5-18-10-8(17)4-7(15)11(21-3)9(10)16/h4-5,18H,1-3H3. The fourth-order valence-corrected chi connectivity index (χ4v) is 3.88. The molecular formula is C14H12Br2ClNO5. The van der Waals surface area contributed by atoms with Gasteiger partial charge in [0.25, 0.3) is 5.79 Å². The summed E-state index contributed by atoms with van der Waals surface area (Å²) in [7, 11) is 1.50. The van der Waals surface area contributed by atoms with Crippen molar-refractivity contribution < 1.29 is 23.8 Å². The number of halogens is 3. The lowest BCUT2D eigenvalue weighted by Gasteiger charge is -2.29. The van der Waals surface area contributed by atoms with Crippen molar-refractivity contribution >= 4 is 61.1 Å². The summed E-state index contributed by atoms with van der Waals surface area (Å²) in [6, 6.07) is 1.62. The van der Waals surface area contributed by atoms with Gasteiger partial charge in [-0.3, -0.25) is 0 Å². The second-order valence-electron chi connectivity index (χ2n) is 4.94. The van der Waals surface area contributed by atoms with Crippen LogP contribution >= 0.6 is 43.5 Å². The predicted molar refractivity (Wildman–Crippen MR) is 91.4 cm³/mol. The number of hydrogen-bond donors (Lipinski definition) is 1. The SMILES string of the molecule is COc1c(Br)cc(Cl)c(NC=C2C(=O)OC(C)(C)OC2=O)c1Br. The van der Waals surface area contributed by atoms with Crippen LogP contribution in [0.4, 0.5) is 5.69 Å². The van der Waals surface area contributed by atoms with E-state index in [4.69, 9.17) is 25.8 Å². The van der Waals surface area contributed by atoms with Gasteiger partial charge in [0.15, 0.2) is 5.57 Å². The fraction of sp³-hybridized carbons (Fsp3) is 0.286. The molecule has 23 heavy (non-hydrogen) atoms. The predicted octanol–water partition coefficient (Wildman–Crippen LogP) is 4.01. The van der Waals surface area contributed by atoms with Gasteiger partial charge in [0.2, 0.25) is 0 Å². The summed E-state index contributed by atoms with van der Waals surface area (Å²) in [6.45, 7) is 2.94. The molecule has 2 rings (SSSR count). The molecule has 0 bridgehead atoms. The molecule has 0 aromatic heterocycles. The van der Waals surface area contributed by atoms with Gasteiger partial charge in [0.1, 0.15) is 5.75 Å². The van der Waals surface area contributed by atoms with Crippen molar-refractivity contribution in [3.05, 3.63) is 31.8 Å². The maximum absolute atomic E-state index is 11.9. The van der Waals surface area contributed by atoms with Crippen LogP contribution in [0, 0.1) is 0 Å². The Labute approximate surface area is 154 Å². The number of carbonyl (C=O) groups is 2. The van der Waals surface area contributed by atoms with E-state index in [9.17, 15) is 9.59 Å². The number of esters is 2. The molecule has 9 heteroatoms. The smallest absolute Gasteiger partial charge is 0.350 e. The van der Waals surface area contributed by atoms with Crippen LogP contribution in [0.1, 0.15) is 13.8 Å². The van der Waals surface area contributed by atoms with Gasteiger partial charge in [-0.15, -0.1) is 0 Å². The van der Waals surface area contributed by atoms with Gasteiger partial charge < -0.3 is 19.5 Å². The number of rotatable bonds is 3. The number of ether oxygens (including phenoxy) is 3. The highest BCUT2D eigenvalue weighted by molar-refractivity contribution is 9.11. The van der Waals surface area contributed by atoms with E-state index >= 15 is 0 Å². The van der Waals surface area contributed by atoms with E-state index in [1.54, 1.807) is 6.07 Å². The molecule has 1 fully saturated rings. The van der Waals surface area contributed by atoms with Gasteiger partial charge in [-0.05, 0) is 37.9 Å². The quantitative estimate of drug-likeness (QED) is 0.410. The van der Waals surface area contributed by atoms with E-state index in [1.807, 2.05) is 0 Å². The number of anilines is 1. The fourth-order valence-electron chi connectivity index (χ4n) is 1.81. The van der Waals surface area contributed by atoms with Gasteiger partial charge in [0, 0.05) is 20.0 Å². The van der Waals surface area contributed by atoms with E-state index in [1.165, 1.54) is 27.2 Å². The lowest BCUT2D eigenvalue weighted by Crippen LogP contribution is -2.42. The Morgan fingerprint density at radius 2 is 1.83 bits per heavy atom. The van der Waals surface area contributed by atoms with Gasteiger partial charge in [-0.1, -0.05) is 11.6 Å². The largest absolute Gasteiger partial charge is 0.494 e. The van der Waals surface area contributed by atoms with Gasteiger partial charge in [-0.2, -0.15) is 0 Å². The summed E-state index contributed by atoms with van der Waals surface area (Å²) >= 11 is 12.8. The minimum atomic E-state index is -1.29. The second kappa shape index (κ2) is 6.70. The van der Waals surface area contributed by atoms with Crippen LogP contribution in [0.3, 0.4) is 0 Å². The Morgan fingerprint density at radius 3 is 2.35 bits per heavy atom. The maximum atomic E-state index is 11.9. The number of cyclic esters (lactones) is 2. The van der Waals surface area contributed by atoms with Crippen LogP contribution in [-0.2, 0) is 19.1 Å². The maximum Gasteiger partial charge on any atom is 0.350 e. The molecule has 0 atom stereocenters. The third-order valence-corrected chi connectivity index (χ3v) is 4.45. The molecule has 0 saturated carbocycles. The van der Waals surface area contributed by atoms with Crippen molar-refractivity contribution in [3.63, 3.8) is 0 Å². The molecule has 1 aromatic rings. The first-order valence-electron chi connectivity index (χ1n) is 6.31. The Kier molecular flexibility index (Phi) is 5.27. The van der Waals surface area contributed by atoms with Crippen molar-refractivity contribution in [2.45, 2.75) is 19.6 Å². The van der Waals surface area contributed by atoms with Crippen molar-refractivity contribution in [2.75, 3.05) is 12.4 Å². The Bertz CT molecular complexity index is 696. The third kappa shape index (κ3) is 3.81. The number of methoxy groups -OCH3 is 1. The molecule has 1 N–H and O–H groups in total. The van der Waals surface area contributed by atoms with Crippen LogP contribution in [-0.4, -0.2) is 24.8 Å². The molecule has 0 amide bonds. The first kappa shape index (κ1) is 18.1. The van der Waals surface area contributed by atoms with E-state index in [2.05, 4.69) is 37.2 Å². The highest BCUT2D eigenvalue weighted by Gasteiger charge is 2.39. The lowest BCUT2D eigenvalue weighted by atomic mass is 10.2. The minimum absolute atomic E-state index is 0.269. The molecule has 0 aliphatic carbocycles. The van der Waals surface area contributed by atoms with E-state index in [-0.39, 0.29) is 5.57 Å². The van der Waals surface area contributed by atoms with Crippen molar-refractivity contribution in [3.8, 4) is 5.75 Å². The number of hydrogen-bond acceptors (Lipinski definition) is 6. The molecule has 0 spiro atoms. The molecule has 124 valence electrons. The normalized spacial score (nSPS) is 16.5. The van der Waals surface area contributed by atoms with Crippen molar-refractivity contribution in [2.24, 2.45) is 0 Å². The summed E-state index contributed by atoms with van der Waals surface area (Å²) < 4.78 is 16.4. The molecule has 0 unspecified atom stereocenters. The first-order chi connectivity index (χ1) is 10.7. The summed E-state index contributed by atoms with van der Waals surface area (Å²) in [5.41, 5.74) is 0.152. The molecule has 0 radical (unpaired) electrons. The number of benzene rings is 1. The molecule has 1 aromatic carbocycles. The average Bonchev–Trinajstić information content (AvgIpc) is 2.39. The average molecular weight is 470 g/mol. The summed E-state index contributed by atoms with van der Waals surface area (Å²) in [6.07, 6.45) is 1.18. The zero-order valence-electron chi connectivity index (χ0n) is 12.3. The highest BCUT2D eigenvalue weighted by atomic mass is 79.9. The molecule has 6 nitrogen and oxygen atoms in total. The third-order valence-electron chi connectivity index (χ3n) is 2.81. The van der Waals surface area contributed by atoms with Crippen LogP contribution in [0.25, 0.3) is 0 Å². The Balaban J connectivity index is 2.34. The second-order valence-corrected chi connectivity index (χ2v) is 7.00. The van der Waals surface area contributed by atoms with Gasteiger partial charge in [-0.25, -0.2) is 9.59 Å². The first-order valence-corrected chi connectivity index (χ1v) is 8.27. The van der Waals surface area contributed by atoms with Crippen LogP contribution in [0.5, 0.6) is 5.75 Å². The zero-order chi connectivity index (χ0) is 17.4. The monoisotopic (exact) mass is 467 g/mol. The van der Waals surface area contributed by atoms with E-state index in [0.717, 1.165) is 0 Å². The summed E-state index contributed by atoms with van der Waals surface area (Å²) in [4.78, 5) is 23.8. The van der Waals surface area contributed by atoms with Gasteiger partial charge in [0.05, 0.1) is 26.8 Å².